The van der Waals surface area contributed by atoms with Crippen LogP contribution >= 0.6 is 0 Å². The van der Waals surface area contributed by atoms with Crippen LogP contribution in [0.2, 0.25) is 0 Å². The molecule has 1 aromatic rings. The van der Waals surface area contributed by atoms with E-state index in [1.54, 1.807) is 13.8 Å². The zero-order valence-corrected chi connectivity index (χ0v) is 16.6. The average molecular weight is 402 g/mol. The topological polar surface area (TPSA) is 84.9 Å². The Kier molecular flexibility index (Phi) is 5.72. The predicted molar refractivity (Wildman–Crippen MR) is 103 cm³/mol. The summed E-state index contributed by atoms with van der Waals surface area (Å²) in [4.78, 5) is 38.5. The van der Waals surface area contributed by atoms with Crippen molar-refractivity contribution < 1.29 is 28.2 Å². The molecule has 0 saturated carbocycles. The highest BCUT2D eigenvalue weighted by atomic mass is 19.1. The number of carbonyl (C=O) groups excluding carboxylic acids is 3. The molecule has 1 saturated heterocycles. The standard InChI is InChI=1S/C21H23FN2O5/c1-11(2)29-21(27)15-9-6-10-24(15)20(26)13-7-5-8-14(16(13)22)23-17-18(25)12(3)19(17)28-4/h5,7-8,11,15,23H,3,6,9-10H2,1-2,4H3. The summed E-state index contributed by atoms with van der Waals surface area (Å²) >= 11 is 0. The van der Waals surface area contributed by atoms with E-state index in [2.05, 4.69) is 11.9 Å². The van der Waals surface area contributed by atoms with Gasteiger partial charge in [-0.05, 0) is 38.8 Å². The number of nitrogens with zero attached hydrogens (tertiary/aromatic N) is 1. The summed E-state index contributed by atoms with van der Waals surface area (Å²) < 4.78 is 25.4. The van der Waals surface area contributed by atoms with E-state index in [0.717, 1.165) is 0 Å². The summed E-state index contributed by atoms with van der Waals surface area (Å²) in [6.07, 6.45) is 0.795. The SMILES string of the molecule is C=C1C(=O)C(Nc2cccc(C(=O)N3CCCC3C(=O)OC(C)C)c2F)=C1OC. The molecule has 0 radical (unpaired) electrons. The molecule has 154 valence electrons. The summed E-state index contributed by atoms with van der Waals surface area (Å²) in [6, 6.07) is 3.52. The van der Waals surface area contributed by atoms with Gasteiger partial charge in [0.15, 0.2) is 11.6 Å². The third kappa shape index (κ3) is 3.74. The third-order valence-electron chi connectivity index (χ3n) is 4.83. The Morgan fingerprint density at radius 2 is 2.07 bits per heavy atom. The van der Waals surface area contributed by atoms with E-state index < -0.39 is 23.7 Å². The molecule has 29 heavy (non-hydrogen) atoms. The van der Waals surface area contributed by atoms with Crippen molar-refractivity contribution in [3.63, 3.8) is 0 Å². The number of anilines is 1. The average Bonchev–Trinajstić information content (AvgIpc) is 3.17. The van der Waals surface area contributed by atoms with Crippen molar-refractivity contribution in [3.05, 3.63) is 53.2 Å². The van der Waals surface area contributed by atoms with Crippen molar-refractivity contribution in [2.75, 3.05) is 19.0 Å². The van der Waals surface area contributed by atoms with Crippen molar-refractivity contribution in [3.8, 4) is 0 Å². The quantitative estimate of drug-likeness (QED) is 0.582. The van der Waals surface area contributed by atoms with Crippen LogP contribution in [0.15, 0.2) is 41.8 Å². The van der Waals surface area contributed by atoms with Crippen molar-refractivity contribution in [2.24, 2.45) is 0 Å². The van der Waals surface area contributed by atoms with Crippen LogP contribution in [0, 0.1) is 5.82 Å². The van der Waals surface area contributed by atoms with E-state index in [4.69, 9.17) is 9.47 Å². The number of hydrogen-bond donors (Lipinski definition) is 1. The second kappa shape index (κ2) is 8.06. The zero-order valence-electron chi connectivity index (χ0n) is 16.6. The predicted octanol–water partition coefficient (Wildman–Crippen LogP) is 2.79. The zero-order chi connectivity index (χ0) is 21.3. The fourth-order valence-corrected chi connectivity index (χ4v) is 3.43. The van der Waals surface area contributed by atoms with E-state index >= 15 is 4.39 Å². The van der Waals surface area contributed by atoms with Gasteiger partial charge in [0, 0.05) is 6.54 Å². The highest BCUT2D eigenvalue weighted by Crippen LogP contribution is 2.32. The number of carbonyl (C=O) groups is 3. The maximum Gasteiger partial charge on any atom is 0.329 e. The molecule has 1 N–H and O–H groups in total. The number of halogens is 1. The summed E-state index contributed by atoms with van der Waals surface area (Å²) in [7, 11) is 1.38. The first-order valence-corrected chi connectivity index (χ1v) is 9.35. The molecule has 1 amide bonds. The first-order chi connectivity index (χ1) is 13.8. The van der Waals surface area contributed by atoms with Gasteiger partial charge in [-0.1, -0.05) is 12.6 Å². The van der Waals surface area contributed by atoms with E-state index in [9.17, 15) is 14.4 Å². The molecule has 1 fully saturated rings. The molecule has 1 aliphatic carbocycles. The lowest BCUT2D eigenvalue weighted by molar-refractivity contribution is -0.152. The van der Waals surface area contributed by atoms with E-state index in [1.165, 1.54) is 30.2 Å². The molecule has 0 aromatic heterocycles. The highest BCUT2D eigenvalue weighted by Gasteiger charge is 2.38. The molecule has 1 heterocycles. The van der Waals surface area contributed by atoms with Crippen LogP contribution in [0.3, 0.4) is 0 Å². The second-order valence-electron chi connectivity index (χ2n) is 7.15. The number of esters is 1. The maximum absolute atomic E-state index is 15.1. The summed E-state index contributed by atoms with van der Waals surface area (Å²) in [5.74, 6) is -2.03. The first-order valence-electron chi connectivity index (χ1n) is 9.35. The van der Waals surface area contributed by atoms with Crippen molar-refractivity contribution >= 4 is 23.3 Å². The van der Waals surface area contributed by atoms with E-state index in [0.29, 0.717) is 19.4 Å². The van der Waals surface area contributed by atoms with Crippen LogP contribution in [-0.4, -0.2) is 48.4 Å². The maximum atomic E-state index is 15.1. The van der Waals surface area contributed by atoms with Gasteiger partial charge in [0.1, 0.15) is 11.7 Å². The number of hydrogen-bond acceptors (Lipinski definition) is 6. The second-order valence-corrected chi connectivity index (χ2v) is 7.15. The molecule has 7 nitrogen and oxygen atoms in total. The van der Waals surface area contributed by atoms with Crippen LogP contribution in [-0.2, 0) is 19.1 Å². The van der Waals surface area contributed by atoms with Crippen LogP contribution in [0.25, 0.3) is 0 Å². The lowest BCUT2D eigenvalue weighted by Gasteiger charge is -2.26. The molecule has 0 spiro atoms. The van der Waals surface area contributed by atoms with Crippen molar-refractivity contribution in [1.29, 1.82) is 0 Å². The van der Waals surface area contributed by atoms with Gasteiger partial charge >= 0.3 is 5.97 Å². The minimum atomic E-state index is -0.811. The summed E-state index contributed by atoms with van der Waals surface area (Å²) in [5.41, 5.74) is 0.0536. The Morgan fingerprint density at radius 3 is 2.72 bits per heavy atom. The summed E-state index contributed by atoms with van der Waals surface area (Å²) in [6.45, 7) is 7.38. The lowest BCUT2D eigenvalue weighted by Crippen LogP contribution is -2.42. The molecule has 2 aliphatic rings. The van der Waals surface area contributed by atoms with Gasteiger partial charge in [0.2, 0.25) is 5.78 Å². The Bertz CT molecular complexity index is 922. The molecule has 1 aliphatic heterocycles. The largest absolute Gasteiger partial charge is 0.494 e. The van der Waals surface area contributed by atoms with Crippen LogP contribution < -0.4 is 5.32 Å². The minimum Gasteiger partial charge on any atom is -0.494 e. The number of Topliss-reactive ketones (excluding diaryl/α,β-unsaturated/α-hetero) is 1. The van der Waals surface area contributed by atoms with Crippen LogP contribution in [0.4, 0.5) is 10.1 Å². The Hall–Kier alpha value is -3.16. The van der Waals surface area contributed by atoms with Gasteiger partial charge in [0.25, 0.3) is 5.91 Å². The van der Waals surface area contributed by atoms with Gasteiger partial charge < -0.3 is 19.7 Å². The van der Waals surface area contributed by atoms with E-state index in [-0.39, 0.29) is 40.2 Å². The molecule has 1 unspecified atom stereocenters. The van der Waals surface area contributed by atoms with Crippen LogP contribution in [0.5, 0.6) is 0 Å². The number of nitrogens with one attached hydrogen (secondary N) is 1. The van der Waals surface area contributed by atoms with Gasteiger partial charge in [-0.15, -0.1) is 0 Å². The molecule has 1 atom stereocenters. The van der Waals surface area contributed by atoms with Crippen molar-refractivity contribution in [2.45, 2.75) is 38.8 Å². The van der Waals surface area contributed by atoms with Crippen molar-refractivity contribution in [1.82, 2.24) is 4.90 Å². The third-order valence-corrected chi connectivity index (χ3v) is 4.83. The number of benzene rings is 1. The van der Waals surface area contributed by atoms with Gasteiger partial charge in [-0.3, -0.25) is 9.59 Å². The summed E-state index contributed by atoms with van der Waals surface area (Å²) in [5, 5.41) is 2.68. The van der Waals surface area contributed by atoms with Crippen LogP contribution in [0.1, 0.15) is 37.0 Å². The lowest BCUT2D eigenvalue weighted by atomic mass is 9.95. The number of amides is 1. The molecule has 1 aromatic carbocycles. The number of ketones is 1. The molecule has 8 heteroatoms. The van der Waals surface area contributed by atoms with Gasteiger partial charge in [-0.25, -0.2) is 9.18 Å². The van der Waals surface area contributed by atoms with Gasteiger partial charge in [0.05, 0.1) is 30.0 Å². The Morgan fingerprint density at radius 1 is 1.34 bits per heavy atom. The molecular weight excluding hydrogens is 379 g/mol. The minimum absolute atomic E-state index is 0.0400. The smallest absolute Gasteiger partial charge is 0.329 e. The number of likely N-dealkylation sites (tertiary alicyclic amines) is 1. The molecule has 0 bridgehead atoms. The molecule has 3 rings (SSSR count). The monoisotopic (exact) mass is 402 g/mol. The van der Waals surface area contributed by atoms with Gasteiger partial charge in [-0.2, -0.15) is 0 Å². The fraction of sp³-hybridized carbons (Fsp3) is 0.381. The first kappa shape index (κ1) is 20.6. The highest BCUT2D eigenvalue weighted by molar-refractivity contribution is 6.20. The molecular formula is C21H23FN2O5. The Balaban J connectivity index is 1.85. The number of methoxy groups -OCH3 is 1. The number of rotatable bonds is 6. The fourth-order valence-electron chi connectivity index (χ4n) is 3.43. The Labute approximate surface area is 168 Å². The number of ether oxygens (including phenoxy) is 2. The number of allylic oxidation sites excluding steroid dienone is 2. The normalized spacial score (nSPS) is 18.8. The van der Waals surface area contributed by atoms with E-state index in [1.807, 2.05) is 0 Å².